The lowest BCUT2D eigenvalue weighted by Crippen LogP contribution is -2.30. The summed E-state index contributed by atoms with van der Waals surface area (Å²) >= 11 is 0. The predicted octanol–water partition coefficient (Wildman–Crippen LogP) is 2.31. The Balaban J connectivity index is 1.68. The molecule has 0 fully saturated rings. The molecule has 1 aromatic heterocycles. The summed E-state index contributed by atoms with van der Waals surface area (Å²) in [6.45, 7) is 6.83. The number of primary amides is 1. The number of nitrogens with two attached hydrogens (primary N) is 1. The van der Waals surface area contributed by atoms with Crippen LogP contribution in [-0.4, -0.2) is 33.0 Å². The van der Waals surface area contributed by atoms with Crippen molar-refractivity contribution < 1.29 is 14.8 Å². The Morgan fingerprint density at radius 1 is 1.18 bits per heavy atom. The van der Waals surface area contributed by atoms with E-state index in [0.29, 0.717) is 23.4 Å². The fourth-order valence-corrected chi connectivity index (χ4v) is 4.56. The first kappa shape index (κ1) is 23.0. The Morgan fingerprint density at radius 3 is 2.64 bits per heavy atom. The third-order valence-electron chi connectivity index (χ3n) is 6.26. The van der Waals surface area contributed by atoms with Crippen molar-refractivity contribution in [3.8, 4) is 0 Å². The SMILES string of the molecule is CC(C)c1cc(NCc2cccc(B(O)O)c2)nc(C2c3cccc(C(N)=O)c3CC2C)n1. The lowest BCUT2D eigenvalue weighted by molar-refractivity contribution is 0.0999. The summed E-state index contributed by atoms with van der Waals surface area (Å²) < 4.78 is 0. The number of hydrogen-bond donors (Lipinski definition) is 4. The maximum atomic E-state index is 11.9. The molecule has 1 heterocycles. The van der Waals surface area contributed by atoms with Crippen molar-refractivity contribution in [2.45, 2.75) is 45.6 Å². The summed E-state index contributed by atoms with van der Waals surface area (Å²) in [7, 11) is -1.50. The summed E-state index contributed by atoms with van der Waals surface area (Å²) in [4.78, 5) is 21.7. The molecule has 4 rings (SSSR count). The van der Waals surface area contributed by atoms with Gasteiger partial charge in [-0.1, -0.05) is 57.2 Å². The number of rotatable bonds is 7. The van der Waals surface area contributed by atoms with Crippen molar-refractivity contribution in [2.24, 2.45) is 11.7 Å². The van der Waals surface area contributed by atoms with Gasteiger partial charge in [-0.05, 0) is 46.5 Å². The molecule has 0 spiro atoms. The van der Waals surface area contributed by atoms with Crippen molar-refractivity contribution in [3.05, 3.63) is 82.3 Å². The van der Waals surface area contributed by atoms with Gasteiger partial charge in [0.1, 0.15) is 11.6 Å². The average Bonchev–Trinajstić information content (AvgIpc) is 3.13. The number of anilines is 1. The molecule has 0 bridgehead atoms. The zero-order valence-electron chi connectivity index (χ0n) is 19.1. The lowest BCUT2D eigenvalue weighted by atomic mass is 9.80. The van der Waals surface area contributed by atoms with Gasteiger partial charge in [0.2, 0.25) is 5.91 Å². The Bertz CT molecular complexity index is 1180. The highest BCUT2D eigenvalue weighted by molar-refractivity contribution is 6.58. The fraction of sp³-hybridized carbons (Fsp3) is 0.320. The third-order valence-corrected chi connectivity index (χ3v) is 6.26. The van der Waals surface area contributed by atoms with Crippen molar-refractivity contribution in [1.29, 1.82) is 0 Å². The molecule has 1 aliphatic carbocycles. The molecule has 2 atom stereocenters. The Hall–Kier alpha value is -3.23. The molecule has 0 aliphatic heterocycles. The van der Waals surface area contributed by atoms with Gasteiger partial charge in [-0.2, -0.15) is 0 Å². The first-order valence-corrected chi connectivity index (χ1v) is 11.2. The number of nitrogens with one attached hydrogen (secondary N) is 1. The summed E-state index contributed by atoms with van der Waals surface area (Å²) in [6, 6.07) is 14.8. The van der Waals surface area contributed by atoms with Crippen LogP contribution in [0.5, 0.6) is 0 Å². The molecule has 1 aliphatic rings. The molecule has 7 nitrogen and oxygen atoms in total. The highest BCUT2D eigenvalue weighted by atomic mass is 16.4. The van der Waals surface area contributed by atoms with Gasteiger partial charge in [-0.15, -0.1) is 0 Å². The van der Waals surface area contributed by atoms with E-state index in [1.54, 1.807) is 24.3 Å². The minimum atomic E-state index is -1.50. The maximum absolute atomic E-state index is 11.9. The van der Waals surface area contributed by atoms with Crippen molar-refractivity contribution in [1.82, 2.24) is 9.97 Å². The highest BCUT2D eigenvalue weighted by Gasteiger charge is 2.35. The minimum Gasteiger partial charge on any atom is -0.423 e. The normalized spacial score (nSPS) is 17.2. The zero-order chi connectivity index (χ0) is 23.7. The monoisotopic (exact) mass is 444 g/mol. The number of aromatic nitrogens is 2. The van der Waals surface area contributed by atoms with E-state index in [-0.39, 0.29) is 17.8 Å². The average molecular weight is 444 g/mol. The number of hydrogen-bond acceptors (Lipinski definition) is 6. The number of nitrogens with zero attached hydrogens (tertiary/aromatic N) is 2. The smallest absolute Gasteiger partial charge is 0.423 e. The molecular weight excluding hydrogens is 415 g/mol. The highest BCUT2D eigenvalue weighted by Crippen LogP contribution is 2.42. The molecule has 3 aromatic rings. The van der Waals surface area contributed by atoms with Crippen LogP contribution in [0.25, 0.3) is 0 Å². The largest absolute Gasteiger partial charge is 0.488 e. The van der Waals surface area contributed by atoms with Crippen molar-refractivity contribution >= 4 is 24.3 Å². The van der Waals surface area contributed by atoms with Crippen LogP contribution in [-0.2, 0) is 13.0 Å². The molecule has 5 N–H and O–H groups in total. The van der Waals surface area contributed by atoms with Gasteiger partial charge in [0.05, 0.1) is 0 Å². The second-order valence-electron chi connectivity index (χ2n) is 9.06. The number of carbonyl (C=O) groups is 1. The van der Waals surface area contributed by atoms with E-state index < -0.39 is 13.0 Å². The van der Waals surface area contributed by atoms with E-state index in [1.807, 2.05) is 24.3 Å². The molecule has 1 amide bonds. The molecule has 2 aromatic carbocycles. The van der Waals surface area contributed by atoms with Gasteiger partial charge in [-0.25, -0.2) is 9.97 Å². The molecular formula is C25H29BN4O3. The first-order valence-electron chi connectivity index (χ1n) is 11.2. The Morgan fingerprint density at radius 2 is 1.94 bits per heavy atom. The standard InChI is InChI=1S/C25H29BN4O3/c1-14(2)21-12-22(28-13-16-6-4-7-17(11-16)26(32)33)30-25(29-21)23-15(3)10-20-18(23)8-5-9-19(20)24(27)31/h4-9,11-12,14-15,23,32-33H,10,13H2,1-3H3,(H2,27,31)(H,28,29,30). The Labute approximate surface area is 194 Å². The zero-order valence-corrected chi connectivity index (χ0v) is 19.1. The van der Waals surface area contributed by atoms with Crippen LogP contribution in [0.3, 0.4) is 0 Å². The van der Waals surface area contributed by atoms with Crippen LogP contribution in [0.2, 0.25) is 0 Å². The third kappa shape index (κ3) is 4.77. The van der Waals surface area contributed by atoms with Crippen LogP contribution in [0.4, 0.5) is 5.82 Å². The topological polar surface area (TPSA) is 121 Å². The molecule has 2 unspecified atom stereocenters. The van der Waals surface area contributed by atoms with E-state index in [4.69, 9.17) is 15.7 Å². The quantitative estimate of drug-likeness (QED) is 0.415. The molecule has 170 valence electrons. The molecule has 33 heavy (non-hydrogen) atoms. The van der Waals surface area contributed by atoms with Gasteiger partial charge >= 0.3 is 7.12 Å². The Kier molecular flexibility index (Phi) is 6.49. The first-order chi connectivity index (χ1) is 15.7. The van der Waals surface area contributed by atoms with Gasteiger partial charge in [0.25, 0.3) is 0 Å². The van der Waals surface area contributed by atoms with E-state index in [1.165, 1.54) is 0 Å². The summed E-state index contributed by atoms with van der Waals surface area (Å²) in [5.41, 5.74) is 10.6. The molecule has 0 radical (unpaired) electrons. The maximum Gasteiger partial charge on any atom is 0.488 e. The van der Waals surface area contributed by atoms with Crippen LogP contribution >= 0.6 is 0 Å². The van der Waals surface area contributed by atoms with Gasteiger partial charge in [0.15, 0.2) is 0 Å². The predicted molar refractivity (Wildman–Crippen MR) is 129 cm³/mol. The second-order valence-corrected chi connectivity index (χ2v) is 9.06. The summed E-state index contributed by atoms with van der Waals surface area (Å²) in [6.07, 6.45) is 0.757. The number of amides is 1. The van der Waals surface area contributed by atoms with Crippen molar-refractivity contribution in [3.63, 3.8) is 0 Å². The van der Waals surface area contributed by atoms with Crippen LogP contribution in [0.1, 0.15) is 71.2 Å². The molecule has 8 heteroatoms. The van der Waals surface area contributed by atoms with Gasteiger partial charge in [-0.3, -0.25) is 4.79 Å². The van der Waals surface area contributed by atoms with Crippen LogP contribution in [0.15, 0.2) is 48.5 Å². The van der Waals surface area contributed by atoms with Crippen LogP contribution in [0, 0.1) is 5.92 Å². The molecule has 0 saturated heterocycles. The van der Waals surface area contributed by atoms with E-state index in [2.05, 4.69) is 26.1 Å². The molecule has 0 saturated carbocycles. The van der Waals surface area contributed by atoms with E-state index in [9.17, 15) is 14.8 Å². The van der Waals surface area contributed by atoms with E-state index >= 15 is 0 Å². The number of benzene rings is 2. The summed E-state index contributed by atoms with van der Waals surface area (Å²) in [5.74, 6) is 1.47. The summed E-state index contributed by atoms with van der Waals surface area (Å²) in [5, 5.41) is 22.2. The number of carbonyl (C=O) groups excluding carboxylic acids is 1. The second kappa shape index (κ2) is 9.33. The lowest BCUT2D eigenvalue weighted by Gasteiger charge is -2.19. The van der Waals surface area contributed by atoms with E-state index in [0.717, 1.165) is 34.6 Å². The van der Waals surface area contributed by atoms with Gasteiger partial charge in [0, 0.05) is 29.8 Å². The van der Waals surface area contributed by atoms with Gasteiger partial charge < -0.3 is 21.1 Å². The number of fused-ring (bicyclic) bond motifs is 1. The van der Waals surface area contributed by atoms with Crippen molar-refractivity contribution in [2.75, 3.05) is 5.32 Å². The minimum absolute atomic E-state index is 0.0218. The van der Waals surface area contributed by atoms with Crippen LogP contribution < -0.4 is 16.5 Å². The fourth-order valence-electron chi connectivity index (χ4n) is 4.56.